The molecule has 5 rings (SSSR count). The van der Waals surface area contributed by atoms with Crippen molar-refractivity contribution in [2.75, 3.05) is 17.1 Å². The lowest BCUT2D eigenvalue weighted by atomic mass is 10.0. The molecule has 2 heterocycles. The standard InChI is InChI=1S/C24H21N5O3S/c1-32-19-14-12-18(13-15-19)22-16-21(17-8-4-2-5-9-17)25-24-26-23(27-29(22)24)28-33(30,31)20-10-6-3-7-11-20/h2-16,22H,1H3,(H2,25,26,27,28). The second-order valence-electron chi connectivity index (χ2n) is 7.41. The molecule has 1 aliphatic heterocycles. The number of ether oxygens (including phenoxy) is 1. The average molecular weight is 460 g/mol. The summed E-state index contributed by atoms with van der Waals surface area (Å²) >= 11 is 0. The molecule has 4 aromatic rings. The molecule has 33 heavy (non-hydrogen) atoms. The summed E-state index contributed by atoms with van der Waals surface area (Å²) < 4.78 is 35.0. The van der Waals surface area contributed by atoms with E-state index < -0.39 is 10.0 Å². The normalized spacial score (nSPS) is 15.2. The molecule has 0 fully saturated rings. The van der Waals surface area contributed by atoms with Gasteiger partial charge in [0.05, 0.1) is 12.0 Å². The van der Waals surface area contributed by atoms with E-state index in [1.165, 1.54) is 12.1 Å². The zero-order valence-electron chi connectivity index (χ0n) is 17.7. The molecule has 8 nitrogen and oxygen atoms in total. The topological polar surface area (TPSA) is 98.1 Å². The summed E-state index contributed by atoms with van der Waals surface area (Å²) in [5.41, 5.74) is 2.79. The second-order valence-corrected chi connectivity index (χ2v) is 9.09. The summed E-state index contributed by atoms with van der Waals surface area (Å²) in [5, 5.41) is 7.74. The highest BCUT2D eigenvalue weighted by atomic mass is 32.2. The first kappa shape index (κ1) is 20.8. The Morgan fingerprint density at radius 3 is 2.27 bits per heavy atom. The van der Waals surface area contributed by atoms with E-state index in [9.17, 15) is 8.42 Å². The molecule has 166 valence electrons. The lowest BCUT2D eigenvalue weighted by molar-refractivity contribution is 0.414. The second kappa shape index (κ2) is 8.44. The SMILES string of the molecule is COc1ccc(C2C=C(c3ccccc3)Nc3nc(NS(=O)(=O)c4ccccc4)nn32)cc1. The predicted octanol–water partition coefficient (Wildman–Crippen LogP) is 4.14. The Kier molecular flexibility index (Phi) is 5.31. The van der Waals surface area contributed by atoms with Gasteiger partial charge in [-0.05, 0) is 41.5 Å². The summed E-state index contributed by atoms with van der Waals surface area (Å²) in [7, 11) is -2.20. The fraction of sp³-hybridized carbons (Fsp3) is 0.0833. The van der Waals surface area contributed by atoms with E-state index in [4.69, 9.17) is 4.74 Å². The Balaban J connectivity index is 1.54. The van der Waals surface area contributed by atoms with Gasteiger partial charge in [0.15, 0.2) is 0 Å². The third-order valence-electron chi connectivity index (χ3n) is 5.29. The van der Waals surface area contributed by atoms with Gasteiger partial charge in [0.25, 0.3) is 16.0 Å². The Bertz CT molecular complexity index is 1400. The molecule has 1 unspecified atom stereocenters. The maximum absolute atomic E-state index is 12.8. The van der Waals surface area contributed by atoms with E-state index in [2.05, 4.69) is 20.1 Å². The first-order valence-corrected chi connectivity index (χ1v) is 11.7. The monoisotopic (exact) mass is 459 g/mol. The van der Waals surface area contributed by atoms with E-state index in [-0.39, 0.29) is 16.9 Å². The van der Waals surface area contributed by atoms with Crippen LogP contribution in [0.2, 0.25) is 0 Å². The van der Waals surface area contributed by atoms with Crippen LogP contribution >= 0.6 is 0 Å². The minimum absolute atomic E-state index is 0.0115. The number of nitrogens with one attached hydrogen (secondary N) is 2. The van der Waals surface area contributed by atoms with E-state index in [0.29, 0.717) is 5.95 Å². The predicted molar refractivity (Wildman–Crippen MR) is 126 cm³/mol. The number of sulfonamides is 1. The molecular weight excluding hydrogens is 438 g/mol. The molecule has 0 bridgehead atoms. The molecule has 1 aliphatic rings. The fourth-order valence-corrected chi connectivity index (χ4v) is 4.60. The van der Waals surface area contributed by atoms with Gasteiger partial charge in [-0.15, -0.1) is 5.10 Å². The van der Waals surface area contributed by atoms with E-state index in [0.717, 1.165) is 22.6 Å². The van der Waals surface area contributed by atoms with Crippen LogP contribution in [0.25, 0.3) is 5.70 Å². The van der Waals surface area contributed by atoms with Crippen LogP contribution in [0.3, 0.4) is 0 Å². The van der Waals surface area contributed by atoms with E-state index >= 15 is 0 Å². The largest absolute Gasteiger partial charge is 0.497 e. The molecule has 0 spiro atoms. The fourth-order valence-electron chi connectivity index (χ4n) is 3.64. The van der Waals surface area contributed by atoms with Crippen molar-refractivity contribution in [1.82, 2.24) is 14.8 Å². The maximum Gasteiger partial charge on any atom is 0.264 e. The van der Waals surface area contributed by atoms with Gasteiger partial charge in [-0.2, -0.15) is 4.98 Å². The van der Waals surface area contributed by atoms with Crippen LogP contribution in [-0.4, -0.2) is 30.3 Å². The van der Waals surface area contributed by atoms with Gasteiger partial charge in [0.2, 0.25) is 5.95 Å². The van der Waals surface area contributed by atoms with Gasteiger partial charge in [0, 0.05) is 5.70 Å². The molecule has 0 aliphatic carbocycles. The van der Waals surface area contributed by atoms with Gasteiger partial charge in [-0.1, -0.05) is 60.7 Å². The van der Waals surface area contributed by atoms with Gasteiger partial charge in [-0.25, -0.2) is 17.8 Å². The summed E-state index contributed by atoms with van der Waals surface area (Å²) in [5.74, 6) is 1.17. The highest BCUT2D eigenvalue weighted by Gasteiger charge is 2.27. The lowest BCUT2D eigenvalue weighted by Gasteiger charge is -2.24. The molecular formula is C24H21N5O3S. The molecule has 0 saturated carbocycles. The number of hydrogen-bond acceptors (Lipinski definition) is 6. The van der Waals surface area contributed by atoms with Gasteiger partial charge < -0.3 is 10.1 Å². The summed E-state index contributed by atoms with van der Waals surface area (Å²) in [6.45, 7) is 0. The molecule has 1 atom stereocenters. The van der Waals surface area contributed by atoms with Crippen LogP contribution < -0.4 is 14.8 Å². The van der Waals surface area contributed by atoms with Crippen LogP contribution in [0.5, 0.6) is 5.75 Å². The average Bonchev–Trinajstić information content (AvgIpc) is 3.26. The van der Waals surface area contributed by atoms with E-state index in [1.807, 2.05) is 60.7 Å². The van der Waals surface area contributed by atoms with Crippen LogP contribution in [0.1, 0.15) is 17.2 Å². The molecule has 3 aromatic carbocycles. The van der Waals surface area contributed by atoms with Crippen molar-refractivity contribution >= 4 is 27.6 Å². The van der Waals surface area contributed by atoms with Crippen molar-refractivity contribution in [3.63, 3.8) is 0 Å². The third kappa shape index (κ3) is 4.18. The zero-order chi connectivity index (χ0) is 22.8. The van der Waals surface area contributed by atoms with Crippen molar-refractivity contribution in [1.29, 1.82) is 0 Å². The van der Waals surface area contributed by atoms with Crippen molar-refractivity contribution in [2.24, 2.45) is 0 Å². The maximum atomic E-state index is 12.8. The first-order valence-electron chi connectivity index (χ1n) is 10.3. The minimum atomic E-state index is -3.82. The quantitative estimate of drug-likeness (QED) is 0.450. The number of anilines is 2. The summed E-state index contributed by atoms with van der Waals surface area (Å²) in [6.07, 6.45) is 2.04. The van der Waals surface area contributed by atoms with Gasteiger partial charge in [0.1, 0.15) is 11.8 Å². The number of aromatic nitrogens is 3. The molecule has 2 N–H and O–H groups in total. The van der Waals surface area contributed by atoms with Crippen molar-refractivity contribution < 1.29 is 13.2 Å². The number of methoxy groups -OCH3 is 1. The molecule has 0 radical (unpaired) electrons. The Labute approximate surface area is 191 Å². The first-order chi connectivity index (χ1) is 16.0. The lowest BCUT2D eigenvalue weighted by Crippen LogP contribution is -2.20. The highest BCUT2D eigenvalue weighted by Crippen LogP contribution is 2.34. The van der Waals surface area contributed by atoms with Crippen LogP contribution in [0.15, 0.2) is 95.9 Å². The zero-order valence-corrected chi connectivity index (χ0v) is 18.5. The number of hydrogen-bond donors (Lipinski definition) is 2. The highest BCUT2D eigenvalue weighted by molar-refractivity contribution is 7.92. The molecule has 1 aromatic heterocycles. The smallest absolute Gasteiger partial charge is 0.264 e. The van der Waals surface area contributed by atoms with Crippen LogP contribution in [0, 0.1) is 0 Å². The number of fused-ring (bicyclic) bond motifs is 1. The van der Waals surface area contributed by atoms with Crippen molar-refractivity contribution in [3.05, 3.63) is 102 Å². The van der Waals surface area contributed by atoms with Gasteiger partial charge >= 0.3 is 0 Å². The Hall–Kier alpha value is -4.11. The van der Waals surface area contributed by atoms with Gasteiger partial charge in [-0.3, -0.25) is 0 Å². The van der Waals surface area contributed by atoms with Crippen molar-refractivity contribution in [2.45, 2.75) is 10.9 Å². The van der Waals surface area contributed by atoms with Crippen LogP contribution in [-0.2, 0) is 10.0 Å². The van der Waals surface area contributed by atoms with E-state index in [1.54, 1.807) is 30.0 Å². The minimum Gasteiger partial charge on any atom is -0.497 e. The number of benzene rings is 3. The number of nitrogens with zero attached hydrogens (tertiary/aromatic N) is 3. The number of allylic oxidation sites excluding steroid dienone is 1. The summed E-state index contributed by atoms with van der Waals surface area (Å²) in [6, 6.07) is 25.3. The molecule has 0 saturated heterocycles. The van der Waals surface area contributed by atoms with Crippen LogP contribution in [0.4, 0.5) is 11.9 Å². The molecule has 0 amide bonds. The third-order valence-corrected chi connectivity index (χ3v) is 6.63. The number of rotatable bonds is 6. The van der Waals surface area contributed by atoms with Crippen molar-refractivity contribution in [3.8, 4) is 5.75 Å². The Morgan fingerprint density at radius 2 is 1.61 bits per heavy atom. The Morgan fingerprint density at radius 1 is 0.939 bits per heavy atom. The summed E-state index contributed by atoms with van der Waals surface area (Å²) in [4.78, 5) is 4.57. The molecule has 9 heteroatoms.